The highest BCUT2D eigenvalue weighted by Gasteiger charge is 2.33. The van der Waals surface area contributed by atoms with Gasteiger partial charge >= 0.3 is 6.18 Å². The fraction of sp³-hybridized carbons (Fsp3) is 0.200. The maximum absolute atomic E-state index is 12.9. The van der Waals surface area contributed by atoms with Crippen molar-refractivity contribution in [1.29, 1.82) is 0 Å². The number of alkyl halides is 3. The van der Waals surface area contributed by atoms with Crippen LogP contribution in [0.1, 0.15) is 11.1 Å². The van der Waals surface area contributed by atoms with Crippen LogP contribution in [0.4, 0.5) is 18.9 Å². The second-order valence-electron chi connectivity index (χ2n) is 4.35. The Morgan fingerprint density at radius 2 is 1.70 bits per heavy atom. The molecular formula is C15H13BrF3N. The van der Waals surface area contributed by atoms with Crippen LogP contribution < -0.4 is 5.32 Å². The first-order valence-corrected chi connectivity index (χ1v) is 6.90. The second-order valence-corrected chi connectivity index (χ2v) is 5.27. The Morgan fingerprint density at radius 1 is 1.00 bits per heavy atom. The zero-order valence-electron chi connectivity index (χ0n) is 10.5. The van der Waals surface area contributed by atoms with Gasteiger partial charge in [0.15, 0.2) is 0 Å². The minimum atomic E-state index is -4.36. The van der Waals surface area contributed by atoms with Gasteiger partial charge in [-0.15, -0.1) is 0 Å². The molecule has 1 N–H and O–H groups in total. The molecule has 0 radical (unpaired) electrons. The third-order valence-corrected chi connectivity index (χ3v) is 3.35. The van der Waals surface area contributed by atoms with Gasteiger partial charge in [0.1, 0.15) is 0 Å². The van der Waals surface area contributed by atoms with Gasteiger partial charge in [-0.2, -0.15) is 13.2 Å². The quantitative estimate of drug-likeness (QED) is 0.812. The van der Waals surface area contributed by atoms with Crippen molar-refractivity contribution in [2.24, 2.45) is 0 Å². The van der Waals surface area contributed by atoms with Crippen LogP contribution in [-0.2, 0) is 12.6 Å². The van der Waals surface area contributed by atoms with Gasteiger partial charge in [0.05, 0.1) is 5.56 Å². The summed E-state index contributed by atoms with van der Waals surface area (Å²) >= 11 is 3.07. The van der Waals surface area contributed by atoms with Crippen molar-refractivity contribution in [1.82, 2.24) is 0 Å². The molecule has 0 bridgehead atoms. The Kier molecular flexibility index (Phi) is 4.70. The van der Waals surface area contributed by atoms with Gasteiger partial charge in [-0.25, -0.2) is 0 Å². The zero-order chi connectivity index (χ0) is 14.6. The Morgan fingerprint density at radius 3 is 2.35 bits per heavy atom. The molecule has 0 aliphatic carbocycles. The highest BCUT2D eigenvalue weighted by molar-refractivity contribution is 9.10. The Labute approximate surface area is 123 Å². The normalized spacial score (nSPS) is 11.4. The molecule has 20 heavy (non-hydrogen) atoms. The fourth-order valence-corrected chi connectivity index (χ4v) is 2.25. The van der Waals surface area contributed by atoms with Crippen molar-refractivity contribution in [3.8, 4) is 0 Å². The van der Waals surface area contributed by atoms with Crippen LogP contribution in [0.3, 0.4) is 0 Å². The highest BCUT2D eigenvalue weighted by atomic mass is 79.9. The Hall–Kier alpha value is -1.49. The molecule has 0 fully saturated rings. The van der Waals surface area contributed by atoms with E-state index < -0.39 is 11.7 Å². The molecule has 0 unspecified atom stereocenters. The smallest absolute Gasteiger partial charge is 0.384 e. The molecule has 2 aromatic rings. The largest absolute Gasteiger partial charge is 0.418 e. The third-order valence-electron chi connectivity index (χ3n) is 2.86. The number of halogens is 4. The van der Waals surface area contributed by atoms with E-state index in [1.54, 1.807) is 6.07 Å². The molecule has 1 nitrogen and oxygen atoms in total. The number of anilines is 1. The predicted octanol–water partition coefficient (Wildman–Crippen LogP) is 5.12. The Balaban J connectivity index is 2.06. The monoisotopic (exact) mass is 343 g/mol. The molecule has 0 aliphatic rings. The van der Waals surface area contributed by atoms with Crippen LogP contribution in [0.5, 0.6) is 0 Å². The van der Waals surface area contributed by atoms with E-state index in [9.17, 15) is 13.2 Å². The van der Waals surface area contributed by atoms with Crippen molar-refractivity contribution >= 4 is 21.6 Å². The lowest BCUT2D eigenvalue weighted by atomic mass is 10.1. The highest BCUT2D eigenvalue weighted by Crippen LogP contribution is 2.36. The minimum Gasteiger partial charge on any atom is -0.384 e. The standard InChI is InChI=1S/C15H13BrF3N/c16-12-6-7-14(13(10-12)15(17,18)19)20-9-8-11-4-2-1-3-5-11/h1-7,10,20H,8-9H2. The van der Waals surface area contributed by atoms with Gasteiger partial charge < -0.3 is 5.32 Å². The second kappa shape index (κ2) is 6.31. The van der Waals surface area contributed by atoms with E-state index in [0.29, 0.717) is 17.4 Å². The summed E-state index contributed by atoms with van der Waals surface area (Å²) in [5, 5.41) is 2.85. The summed E-state index contributed by atoms with van der Waals surface area (Å²) in [6.07, 6.45) is -3.69. The van der Waals surface area contributed by atoms with Gasteiger partial charge in [0, 0.05) is 16.7 Å². The average Bonchev–Trinajstić information content (AvgIpc) is 2.40. The molecule has 0 aliphatic heterocycles. The molecule has 0 heterocycles. The maximum Gasteiger partial charge on any atom is 0.418 e. The molecule has 0 saturated carbocycles. The molecule has 0 atom stereocenters. The lowest BCUT2D eigenvalue weighted by Crippen LogP contribution is -2.12. The average molecular weight is 344 g/mol. The zero-order valence-corrected chi connectivity index (χ0v) is 12.1. The summed E-state index contributed by atoms with van der Waals surface area (Å²) in [6.45, 7) is 0.453. The van der Waals surface area contributed by atoms with Gasteiger partial charge in [-0.05, 0) is 30.2 Å². The number of benzene rings is 2. The van der Waals surface area contributed by atoms with E-state index >= 15 is 0 Å². The van der Waals surface area contributed by atoms with Crippen LogP contribution in [0.2, 0.25) is 0 Å². The van der Waals surface area contributed by atoms with E-state index in [1.165, 1.54) is 6.07 Å². The molecule has 106 valence electrons. The minimum absolute atomic E-state index is 0.108. The van der Waals surface area contributed by atoms with Gasteiger partial charge in [0.2, 0.25) is 0 Å². The number of hydrogen-bond donors (Lipinski definition) is 1. The van der Waals surface area contributed by atoms with Gasteiger partial charge in [0.25, 0.3) is 0 Å². The SMILES string of the molecule is FC(F)(F)c1cc(Br)ccc1NCCc1ccccc1. The molecule has 0 aromatic heterocycles. The maximum atomic E-state index is 12.9. The molecule has 5 heteroatoms. The van der Waals surface area contributed by atoms with Crippen molar-refractivity contribution in [2.75, 3.05) is 11.9 Å². The van der Waals surface area contributed by atoms with Crippen LogP contribution in [0, 0.1) is 0 Å². The summed E-state index contributed by atoms with van der Waals surface area (Å²) in [4.78, 5) is 0. The number of hydrogen-bond acceptors (Lipinski definition) is 1. The molecule has 2 aromatic carbocycles. The van der Waals surface area contributed by atoms with Gasteiger partial charge in [-0.3, -0.25) is 0 Å². The lowest BCUT2D eigenvalue weighted by molar-refractivity contribution is -0.137. The van der Waals surface area contributed by atoms with Crippen molar-refractivity contribution < 1.29 is 13.2 Å². The molecule has 0 amide bonds. The number of rotatable bonds is 4. The van der Waals surface area contributed by atoms with Crippen LogP contribution >= 0.6 is 15.9 Å². The molecule has 0 spiro atoms. The topological polar surface area (TPSA) is 12.0 Å². The first-order chi connectivity index (χ1) is 9.47. The fourth-order valence-electron chi connectivity index (χ4n) is 1.89. The van der Waals surface area contributed by atoms with E-state index in [-0.39, 0.29) is 5.69 Å². The van der Waals surface area contributed by atoms with Crippen LogP contribution in [0.15, 0.2) is 53.0 Å². The van der Waals surface area contributed by atoms with Crippen molar-refractivity contribution in [3.05, 3.63) is 64.1 Å². The van der Waals surface area contributed by atoms with E-state index in [4.69, 9.17) is 0 Å². The molecule has 2 rings (SSSR count). The van der Waals surface area contributed by atoms with Crippen molar-refractivity contribution in [2.45, 2.75) is 12.6 Å². The van der Waals surface area contributed by atoms with Crippen LogP contribution in [0.25, 0.3) is 0 Å². The molecular weight excluding hydrogens is 331 g/mol. The summed E-state index contributed by atoms with van der Waals surface area (Å²) in [6, 6.07) is 13.8. The summed E-state index contributed by atoms with van der Waals surface area (Å²) < 4.78 is 39.2. The van der Waals surface area contributed by atoms with Crippen LogP contribution in [-0.4, -0.2) is 6.54 Å². The summed E-state index contributed by atoms with van der Waals surface area (Å²) in [7, 11) is 0. The predicted molar refractivity (Wildman–Crippen MR) is 77.8 cm³/mol. The third kappa shape index (κ3) is 4.00. The number of nitrogens with one attached hydrogen (secondary N) is 1. The molecule has 0 saturated heterocycles. The summed E-state index contributed by atoms with van der Waals surface area (Å²) in [5.74, 6) is 0. The summed E-state index contributed by atoms with van der Waals surface area (Å²) in [5.41, 5.74) is 0.544. The first kappa shape index (κ1) is 14.9. The van der Waals surface area contributed by atoms with E-state index in [0.717, 1.165) is 11.6 Å². The van der Waals surface area contributed by atoms with Crippen molar-refractivity contribution in [3.63, 3.8) is 0 Å². The van der Waals surface area contributed by atoms with Gasteiger partial charge in [-0.1, -0.05) is 46.3 Å². The van der Waals surface area contributed by atoms with E-state index in [1.807, 2.05) is 30.3 Å². The van der Waals surface area contributed by atoms with E-state index in [2.05, 4.69) is 21.2 Å². The lowest BCUT2D eigenvalue weighted by Gasteiger charge is -2.15. The Bertz CT molecular complexity index is 567. The first-order valence-electron chi connectivity index (χ1n) is 6.11.